The van der Waals surface area contributed by atoms with E-state index in [9.17, 15) is 28.8 Å². The maximum atomic E-state index is 12.2. The van der Waals surface area contributed by atoms with E-state index < -0.39 is 42.3 Å². The highest BCUT2D eigenvalue weighted by Gasteiger charge is 2.21. The van der Waals surface area contributed by atoms with E-state index in [4.69, 9.17) is 14.2 Å². The van der Waals surface area contributed by atoms with Gasteiger partial charge in [-0.1, -0.05) is 54.6 Å². The third kappa shape index (κ3) is 12.0. The van der Waals surface area contributed by atoms with Crippen molar-refractivity contribution in [2.24, 2.45) is 5.92 Å². The summed E-state index contributed by atoms with van der Waals surface area (Å²) in [6, 6.07) is 19.4. The molecule has 0 unspecified atom stereocenters. The molecule has 0 fully saturated rings. The average molecular weight is 669 g/mol. The van der Waals surface area contributed by atoms with Crippen LogP contribution >= 0.6 is 0 Å². The molecule has 254 valence electrons. The minimum Gasteiger partial charge on any atom is -0.432 e. The van der Waals surface area contributed by atoms with E-state index in [0.29, 0.717) is 16.7 Å². The second-order valence-corrected chi connectivity index (χ2v) is 10.0. The van der Waals surface area contributed by atoms with E-state index in [1.807, 2.05) is 0 Å². The van der Waals surface area contributed by atoms with Crippen LogP contribution in [0.4, 0.5) is 14.4 Å². The number of benzene rings is 3. The fourth-order valence-corrected chi connectivity index (χ4v) is 3.94. The highest BCUT2D eigenvalue weighted by molar-refractivity contribution is 5.92. The lowest BCUT2D eigenvalue weighted by Gasteiger charge is -2.16. The number of hydrogen-bond donors (Lipinski definition) is 0. The molecule has 0 aliphatic carbocycles. The zero-order valence-electron chi connectivity index (χ0n) is 26.2. The van der Waals surface area contributed by atoms with Crippen molar-refractivity contribution in [2.75, 3.05) is 19.8 Å². The average Bonchev–Trinajstić information content (AvgIpc) is 3.07. The Balaban J connectivity index is 1.46. The fraction of sp³-hybridized carbons (Fsp3) is 0.273. The SMILES string of the molecule is Cc1ccccc1C(=O)OOC(=O)OCCC(CCOC(=O)OOC(=O)c1ccccc1C)COC(=O)OOC(=O)c1ccccc1C. The van der Waals surface area contributed by atoms with Crippen molar-refractivity contribution in [1.82, 2.24) is 0 Å². The lowest BCUT2D eigenvalue weighted by Crippen LogP contribution is -2.22. The molecule has 15 nitrogen and oxygen atoms in total. The van der Waals surface area contributed by atoms with Crippen LogP contribution in [-0.2, 0) is 43.5 Å². The molecule has 0 saturated carbocycles. The van der Waals surface area contributed by atoms with Gasteiger partial charge in [-0.3, -0.25) is 0 Å². The van der Waals surface area contributed by atoms with Gasteiger partial charge in [0.2, 0.25) is 0 Å². The number of hydrogen-bond acceptors (Lipinski definition) is 15. The van der Waals surface area contributed by atoms with Crippen molar-refractivity contribution in [3.8, 4) is 0 Å². The number of ether oxygens (including phenoxy) is 3. The molecule has 0 heterocycles. The first-order chi connectivity index (χ1) is 23.0. The number of carbonyl (C=O) groups excluding carboxylic acids is 6. The van der Waals surface area contributed by atoms with Crippen LogP contribution in [0.25, 0.3) is 0 Å². The minimum atomic E-state index is -1.35. The zero-order chi connectivity index (χ0) is 34.9. The van der Waals surface area contributed by atoms with Crippen LogP contribution in [0.2, 0.25) is 0 Å². The van der Waals surface area contributed by atoms with Crippen LogP contribution in [0.15, 0.2) is 72.8 Å². The van der Waals surface area contributed by atoms with Crippen molar-refractivity contribution in [2.45, 2.75) is 33.6 Å². The zero-order valence-corrected chi connectivity index (χ0v) is 26.2. The minimum absolute atomic E-state index is 0.0117. The lowest BCUT2D eigenvalue weighted by atomic mass is 10.0. The van der Waals surface area contributed by atoms with Crippen LogP contribution in [0.1, 0.15) is 60.6 Å². The molecule has 0 aliphatic heterocycles. The first-order valence-corrected chi connectivity index (χ1v) is 14.4. The summed E-state index contributed by atoms with van der Waals surface area (Å²) in [7, 11) is 0. The van der Waals surface area contributed by atoms with Crippen LogP contribution in [-0.4, -0.2) is 56.2 Å². The Morgan fingerprint density at radius 1 is 0.458 bits per heavy atom. The molecule has 0 saturated heterocycles. The van der Waals surface area contributed by atoms with Gasteiger partial charge in [-0.25, -0.2) is 43.7 Å². The second kappa shape index (κ2) is 18.8. The topological polar surface area (TPSA) is 185 Å². The Morgan fingerprint density at radius 3 is 1.10 bits per heavy atom. The molecule has 3 rings (SSSR count). The van der Waals surface area contributed by atoms with E-state index in [1.165, 1.54) is 18.2 Å². The van der Waals surface area contributed by atoms with Gasteiger partial charge in [0, 0.05) is 0 Å². The largest absolute Gasteiger partial charge is 0.549 e. The summed E-state index contributed by atoms with van der Waals surface area (Å²) in [5, 5.41) is 0. The van der Waals surface area contributed by atoms with Crippen LogP contribution in [0.5, 0.6) is 0 Å². The number of rotatable bonds is 11. The lowest BCUT2D eigenvalue weighted by molar-refractivity contribution is -0.206. The van der Waals surface area contributed by atoms with Crippen LogP contribution in [0.3, 0.4) is 0 Å². The van der Waals surface area contributed by atoms with Gasteiger partial charge in [-0.2, -0.15) is 14.4 Å². The smallest absolute Gasteiger partial charge is 0.432 e. The molecule has 0 amide bonds. The third-order valence-electron chi connectivity index (χ3n) is 6.58. The highest BCUT2D eigenvalue weighted by atomic mass is 17.2. The molecule has 0 aromatic heterocycles. The number of aryl methyl sites for hydroxylation is 3. The van der Waals surface area contributed by atoms with Gasteiger partial charge in [0.15, 0.2) is 0 Å². The molecule has 0 N–H and O–H groups in total. The van der Waals surface area contributed by atoms with E-state index in [-0.39, 0.29) is 49.4 Å². The van der Waals surface area contributed by atoms with E-state index >= 15 is 0 Å². The summed E-state index contributed by atoms with van der Waals surface area (Å²) >= 11 is 0. The summed E-state index contributed by atoms with van der Waals surface area (Å²) in [5.74, 6) is -3.39. The Bertz CT molecular complexity index is 1520. The van der Waals surface area contributed by atoms with Gasteiger partial charge < -0.3 is 14.2 Å². The molecule has 3 aromatic rings. The van der Waals surface area contributed by atoms with Crippen molar-refractivity contribution < 1.29 is 72.3 Å². The molecular weight excluding hydrogens is 636 g/mol. The van der Waals surface area contributed by atoms with Gasteiger partial charge in [0.1, 0.15) is 0 Å². The van der Waals surface area contributed by atoms with Gasteiger partial charge in [-0.05, 0) is 74.4 Å². The molecule has 3 aromatic carbocycles. The van der Waals surface area contributed by atoms with Gasteiger partial charge in [-0.15, -0.1) is 0 Å². The van der Waals surface area contributed by atoms with Crippen molar-refractivity contribution in [1.29, 1.82) is 0 Å². The summed E-state index contributed by atoms with van der Waals surface area (Å²) < 4.78 is 14.8. The molecule has 0 bridgehead atoms. The molecular formula is C33H32O15. The predicted molar refractivity (Wildman–Crippen MR) is 160 cm³/mol. The quantitative estimate of drug-likeness (QED) is 0.0989. The highest BCUT2D eigenvalue weighted by Crippen LogP contribution is 2.14. The molecule has 0 aliphatic rings. The monoisotopic (exact) mass is 668 g/mol. The summed E-state index contributed by atoms with van der Waals surface area (Å²) in [5.41, 5.74) is 2.32. The van der Waals surface area contributed by atoms with Gasteiger partial charge in [0.25, 0.3) is 0 Å². The summed E-state index contributed by atoms with van der Waals surface area (Å²) in [4.78, 5) is 99.2. The summed E-state index contributed by atoms with van der Waals surface area (Å²) in [6.45, 7) is 4.00. The Morgan fingerprint density at radius 2 is 0.771 bits per heavy atom. The van der Waals surface area contributed by atoms with E-state index in [0.717, 1.165) is 0 Å². The van der Waals surface area contributed by atoms with Gasteiger partial charge in [0.05, 0.1) is 36.5 Å². The maximum Gasteiger partial charge on any atom is 0.549 e. The maximum absolute atomic E-state index is 12.2. The summed E-state index contributed by atoms with van der Waals surface area (Å²) in [6.07, 6.45) is -3.98. The van der Waals surface area contributed by atoms with E-state index in [2.05, 4.69) is 29.3 Å². The van der Waals surface area contributed by atoms with Crippen molar-refractivity contribution >= 4 is 36.4 Å². The Kier molecular flexibility index (Phi) is 14.2. The Hall–Kier alpha value is -6.12. The third-order valence-corrected chi connectivity index (χ3v) is 6.58. The first-order valence-electron chi connectivity index (χ1n) is 14.4. The second-order valence-electron chi connectivity index (χ2n) is 10.0. The van der Waals surface area contributed by atoms with Crippen LogP contribution < -0.4 is 0 Å². The fourth-order valence-electron chi connectivity index (χ4n) is 3.94. The molecule has 0 radical (unpaired) electrons. The Labute approximate surface area is 274 Å². The van der Waals surface area contributed by atoms with Crippen molar-refractivity contribution in [3.05, 3.63) is 106 Å². The normalized spacial score (nSPS) is 10.2. The predicted octanol–water partition coefficient (Wildman–Crippen LogP) is 6.08. The number of carbonyl (C=O) groups is 6. The molecule has 0 spiro atoms. The van der Waals surface area contributed by atoms with Crippen molar-refractivity contribution in [3.63, 3.8) is 0 Å². The molecule has 0 atom stereocenters. The van der Waals surface area contributed by atoms with Gasteiger partial charge >= 0.3 is 36.4 Å². The molecule has 15 heteroatoms. The van der Waals surface area contributed by atoms with Crippen LogP contribution in [0, 0.1) is 26.7 Å². The van der Waals surface area contributed by atoms with E-state index in [1.54, 1.807) is 75.4 Å². The standard InChI is InChI=1S/C33H32O15/c1-21-10-4-7-13-25(21)28(34)43-46-31(37)40-18-16-24(20-42-33(39)48-45-30(36)27-15-9-6-12-23(27)3)17-19-41-32(38)47-44-29(35)26-14-8-5-11-22(26)2/h4-15,24H,16-20H2,1-3H3. The molecule has 48 heavy (non-hydrogen) atoms. The first kappa shape index (κ1) is 36.3.